The molecule has 0 bridgehead atoms. The van der Waals surface area contributed by atoms with Crippen LogP contribution in [0.3, 0.4) is 0 Å². The summed E-state index contributed by atoms with van der Waals surface area (Å²) in [7, 11) is 0. The van der Waals surface area contributed by atoms with E-state index in [0.29, 0.717) is 31.7 Å². The van der Waals surface area contributed by atoms with Crippen LogP contribution in [0.15, 0.2) is 18.2 Å². The summed E-state index contributed by atoms with van der Waals surface area (Å²) in [6.45, 7) is 14.6. The van der Waals surface area contributed by atoms with E-state index in [0.717, 1.165) is 25.3 Å². The number of unbranched alkanes of at least 4 members (excludes halogenated alkanes) is 1. The van der Waals surface area contributed by atoms with Crippen LogP contribution in [0.25, 0.3) is 0 Å². The first kappa shape index (κ1) is 25.1. The van der Waals surface area contributed by atoms with Gasteiger partial charge < -0.3 is 10.0 Å². The van der Waals surface area contributed by atoms with E-state index in [4.69, 9.17) is 0 Å². The summed E-state index contributed by atoms with van der Waals surface area (Å²) in [5.74, 6) is -1.94. The Hall–Kier alpha value is -1.53. The third-order valence-electron chi connectivity index (χ3n) is 7.89. The molecule has 2 unspecified atom stereocenters. The lowest BCUT2D eigenvalue weighted by molar-refractivity contribution is -0.152. The van der Waals surface area contributed by atoms with Gasteiger partial charge in [-0.1, -0.05) is 39.7 Å². The van der Waals surface area contributed by atoms with E-state index in [2.05, 4.69) is 32.6 Å². The number of carbonyl (C=O) groups excluding carboxylic acids is 1. The van der Waals surface area contributed by atoms with Crippen molar-refractivity contribution in [3.63, 3.8) is 0 Å². The Labute approximate surface area is 192 Å². The number of carbonyl (C=O) groups is 1. The maximum Gasteiger partial charge on any atom is 0.227 e. The summed E-state index contributed by atoms with van der Waals surface area (Å²) < 4.78 is 28.3. The van der Waals surface area contributed by atoms with Crippen LogP contribution in [0.4, 0.5) is 8.78 Å². The molecule has 4 atom stereocenters. The number of aliphatic hydroxyl groups is 1. The summed E-state index contributed by atoms with van der Waals surface area (Å²) in [6, 6.07) is 3.68. The summed E-state index contributed by atoms with van der Waals surface area (Å²) in [5.41, 5.74) is -0.510. The standard InChI is InChI=1S/C26H40F2N2O2/c1-7-8-11-26(32)17(2)13-29(14-18(26)3)24(31)22-16-30(25(4,5)6)15-21(22)20-10-9-19(27)12-23(20)28/h9-10,12,17-18,21-22,32H,7-8,11,13-16H2,1-6H3/t17?,18?,21-,22+,26?/m0/s1. The van der Waals surface area contributed by atoms with Gasteiger partial charge in [-0.05, 0) is 38.8 Å². The van der Waals surface area contributed by atoms with Crippen molar-refractivity contribution in [2.45, 2.75) is 77.9 Å². The van der Waals surface area contributed by atoms with E-state index in [1.807, 2.05) is 18.7 Å². The highest BCUT2D eigenvalue weighted by atomic mass is 19.1. The molecule has 180 valence electrons. The van der Waals surface area contributed by atoms with Crippen molar-refractivity contribution in [2.24, 2.45) is 17.8 Å². The first-order chi connectivity index (χ1) is 14.9. The van der Waals surface area contributed by atoms with E-state index in [1.165, 1.54) is 12.1 Å². The Balaban J connectivity index is 1.86. The first-order valence-electron chi connectivity index (χ1n) is 12.1. The number of piperidine rings is 1. The Bertz CT molecular complexity index is 811. The lowest BCUT2D eigenvalue weighted by Crippen LogP contribution is -2.58. The monoisotopic (exact) mass is 450 g/mol. The van der Waals surface area contributed by atoms with Gasteiger partial charge >= 0.3 is 0 Å². The topological polar surface area (TPSA) is 43.8 Å². The van der Waals surface area contributed by atoms with Crippen molar-refractivity contribution in [3.8, 4) is 0 Å². The Morgan fingerprint density at radius 3 is 2.28 bits per heavy atom. The molecule has 2 fully saturated rings. The lowest BCUT2D eigenvalue weighted by atomic mass is 9.72. The second kappa shape index (κ2) is 9.38. The van der Waals surface area contributed by atoms with Crippen LogP contribution in [-0.2, 0) is 4.79 Å². The molecule has 2 heterocycles. The van der Waals surface area contributed by atoms with Crippen molar-refractivity contribution in [1.82, 2.24) is 9.80 Å². The molecule has 0 radical (unpaired) electrons. The van der Waals surface area contributed by atoms with Crippen LogP contribution in [0.2, 0.25) is 0 Å². The molecule has 0 spiro atoms. The third-order valence-corrected chi connectivity index (χ3v) is 7.89. The van der Waals surface area contributed by atoms with Crippen molar-refractivity contribution in [1.29, 1.82) is 0 Å². The van der Waals surface area contributed by atoms with Crippen LogP contribution in [0, 0.1) is 29.4 Å². The summed E-state index contributed by atoms with van der Waals surface area (Å²) in [6.07, 6.45) is 2.74. The van der Waals surface area contributed by atoms with Crippen molar-refractivity contribution >= 4 is 5.91 Å². The molecule has 32 heavy (non-hydrogen) atoms. The van der Waals surface area contributed by atoms with E-state index >= 15 is 0 Å². The maximum atomic E-state index is 14.7. The highest BCUT2D eigenvalue weighted by molar-refractivity contribution is 5.81. The van der Waals surface area contributed by atoms with E-state index in [9.17, 15) is 18.7 Å². The molecule has 1 aromatic rings. The molecule has 1 amide bonds. The molecule has 3 rings (SSSR count). The third kappa shape index (κ3) is 4.86. The molecule has 4 nitrogen and oxygen atoms in total. The van der Waals surface area contributed by atoms with Gasteiger partial charge in [0.25, 0.3) is 0 Å². The molecular weight excluding hydrogens is 410 g/mol. The van der Waals surface area contributed by atoms with Crippen LogP contribution in [-0.4, -0.2) is 58.1 Å². The molecule has 2 saturated heterocycles. The fourth-order valence-electron chi connectivity index (χ4n) is 5.62. The number of amides is 1. The van der Waals surface area contributed by atoms with Gasteiger partial charge in [-0.25, -0.2) is 8.78 Å². The highest BCUT2D eigenvalue weighted by Gasteiger charge is 2.49. The average molecular weight is 451 g/mol. The Morgan fingerprint density at radius 2 is 1.75 bits per heavy atom. The largest absolute Gasteiger partial charge is 0.389 e. The fraction of sp³-hybridized carbons (Fsp3) is 0.731. The predicted molar refractivity (Wildman–Crippen MR) is 123 cm³/mol. The van der Waals surface area contributed by atoms with Gasteiger partial charge in [0.05, 0.1) is 11.5 Å². The Morgan fingerprint density at radius 1 is 1.12 bits per heavy atom. The normalized spacial score (nSPS) is 31.8. The SMILES string of the molecule is CCCCC1(O)C(C)CN(C(=O)[C@@H]2CN(C(C)(C)C)C[C@H]2c2ccc(F)cc2F)CC1C. The molecule has 2 aliphatic rings. The zero-order valence-electron chi connectivity index (χ0n) is 20.5. The van der Waals surface area contributed by atoms with Gasteiger partial charge in [0.15, 0.2) is 0 Å². The van der Waals surface area contributed by atoms with Gasteiger partial charge in [-0.3, -0.25) is 9.69 Å². The van der Waals surface area contributed by atoms with Gasteiger partial charge in [0, 0.05) is 55.5 Å². The number of hydrogen-bond acceptors (Lipinski definition) is 3. The average Bonchev–Trinajstić information content (AvgIpc) is 3.15. The lowest BCUT2D eigenvalue weighted by Gasteiger charge is -2.48. The second-order valence-electron chi connectivity index (χ2n) is 11.1. The molecule has 6 heteroatoms. The molecule has 0 saturated carbocycles. The molecule has 1 N–H and O–H groups in total. The first-order valence-corrected chi connectivity index (χ1v) is 12.1. The number of benzene rings is 1. The zero-order valence-corrected chi connectivity index (χ0v) is 20.5. The van der Waals surface area contributed by atoms with Gasteiger partial charge in [0.1, 0.15) is 11.6 Å². The van der Waals surface area contributed by atoms with Gasteiger partial charge in [0.2, 0.25) is 5.91 Å². The number of hydrogen-bond donors (Lipinski definition) is 1. The Kier molecular flexibility index (Phi) is 7.36. The molecule has 0 aromatic heterocycles. The smallest absolute Gasteiger partial charge is 0.227 e. The molecule has 0 aliphatic carbocycles. The zero-order chi connectivity index (χ0) is 23.8. The van der Waals surface area contributed by atoms with Crippen LogP contribution >= 0.6 is 0 Å². The minimum atomic E-state index is -0.762. The summed E-state index contributed by atoms with van der Waals surface area (Å²) in [5, 5.41) is 11.3. The highest BCUT2D eigenvalue weighted by Crippen LogP contribution is 2.41. The summed E-state index contributed by atoms with van der Waals surface area (Å²) >= 11 is 0. The van der Waals surface area contributed by atoms with Crippen LogP contribution in [0.5, 0.6) is 0 Å². The van der Waals surface area contributed by atoms with Crippen LogP contribution < -0.4 is 0 Å². The van der Waals surface area contributed by atoms with Crippen molar-refractivity contribution in [3.05, 3.63) is 35.4 Å². The minimum absolute atomic E-state index is 0.0155. The minimum Gasteiger partial charge on any atom is -0.389 e. The van der Waals surface area contributed by atoms with E-state index in [-0.39, 0.29) is 29.2 Å². The number of likely N-dealkylation sites (tertiary alicyclic amines) is 2. The van der Waals surface area contributed by atoms with Gasteiger partial charge in [-0.15, -0.1) is 0 Å². The number of rotatable bonds is 5. The van der Waals surface area contributed by atoms with Crippen LogP contribution in [0.1, 0.15) is 72.3 Å². The predicted octanol–water partition coefficient (Wildman–Crippen LogP) is 4.81. The quantitative estimate of drug-likeness (QED) is 0.700. The van der Waals surface area contributed by atoms with E-state index < -0.39 is 23.2 Å². The molecular formula is C26H40F2N2O2. The van der Waals surface area contributed by atoms with Crippen molar-refractivity contribution < 1.29 is 18.7 Å². The molecule has 2 aliphatic heterocycles. The maximum absolute atomic E-state index is 14.7. The van der Waals surface area contributed by atoms with E-state index in [1.54, 1.807) is 0 Å². The summed E-state index contributed by atoms with van der Waals surface area (Å²) in [4.78, 5) is 17.9. The second-order valence-corrected chi connectivity index (χ2v) is 11.1. The molecule has 1 aromatic carbocycles. The number of halogens is 2. The van der Waals surface area contributed by atoms with Crippen molar-refractivity contribution in [2.75, 3.05) is 26.2 Å². The number of nitrogens with zero attached hydrogens (tertiary/aromatic N) is 2. The van der Waals surface area contributed by atoms with Gasteiger partial charge in [-0.2, -0.15) is 0 Å². The fourth-order valence-corrected chi connectivity index (χ4v) is 5.62.